The summed E-state index contributed by atoms with van der Waals surface area (Å²) < 4.78 is 82.0. The summed E-state index contributed by atoms with van der Waals surface area (Å²) in [6.07, 6.45) is -8.38. The Kier molecular flexibility index (Phi) is 7.59. The Hall–Kier alpha value is -0.240. The Morgan fingerprint density at radius 1 is 1.20 bits per heavy atom. The van der Waals surface area contributed by atoms with Crippen molar-refractivity contribution in [3.63, 3.8) is 0 Å². The lowest BCUT2D eigenvalue weighted by Crippen LogP contribution is -2.39. The third kappa shape index (κ3) is 6.97. The summed E-state index contributed by atoms with van der Waals surface area (Å²) in [5.41, 5.74) is 0. The van der Waals surface area contributed by atoms with Gasteiger partial charge in [-0.05, 0) is 12.8 Å². The lowest BCUT2D eigenvalue weighted by molar-refractivity contribution is -0.289. The Morgan fingerprint density at radius 2 is 1.75 bits per heavy atom. The van der Waals surface area contributed by atoms with E-state index in [2.05, 4.69) is 9.05 Å². The lowest BCUT2D eigenvalue weighted by atomic mass is 10.1. The molecule has 0 aromatic carbocycles. The first-order chi connectivity index (χ1) is 8.95. The second-order valence-electron chi connectivity index (χ2n) is 4.20. The summed E-state index contributed by atoms with van der Waals surface area (Å²) in [6.45, 7) is 2.91. The Balaban J connectivity index is 4.59. The van der Waals surface area contributed by atoms with Crippen LogP contribution in [0.3, 0.4) is 0 Å². The van der Waals surface area contributed by atoms with Crippen molar-refractivity contribution < 1.29 is 40.5 Å². The first-order valence-electron chi connectivity index (χ1n) is 6.05. The number of alkyl halides is 5. The predicted molar refractivity (Wildman–Crippen MR) is 61.5 cm³/mol. The van der Waals surface area contributed by atoms with Gasteiger partial charge in [0.1, 0.15) is 0 Å². The topological polar surface area (TPSA) is 55.8 Å². The van der Waals surface area contributed by atoms with Crippen LogP contribution in [0.4, 0.5) is 22.0 Å². The van der Waals surface area contributed by atoms with Crippen molar-refractivity contribution in [2.75, 3.05) is 6.61 Å². The van der Waals surface area contributed by atoms with Gasteiger partial charge in [-0.15, -0.1) is 0 Å². The summed E-state index contributed by atoms with van der Waals surface area (Å²) in [5.74, 6) is -4.99. The van der Waals surface area contributed by atoms with Gasteiger partial charge in [0, 0.05) is 6.42 Å². The van der Waals surface area contributed by atoms with Crippen LogP contribution < -0.4 is 0 Å². The summed E-state index contributed by atoms with van der Waals surface area (Å²) >= 11 is 0. The smallest absolute Gasteiger partial charge is 0.302 e. The molecule has 0 saturated heterocycles. The van der Waals surface area contributed by atoms with Crippen LogP contribution in [-0.2, 0) is 13.6 Å². The number of phosphoric acid groups is 1. The Labute approximate surface area is 113 Å². The van der Waals surface area contributed by atoms with Crippen LogP contribution in [0.5, 0.6) is 0 Å². The lowest BCUT2D eigenvalue weighted by Gasteiger charge is -2.25. The fourth-order valence-electron chi connectivity index (χ4n) is 1.20. The SMILES string of the molecule is CCCCOP(=O)(O)OC(CC)CC(F)(F)C(F)(F)F. The van der Waals surface area contributed by atoms with Crippen molar-refractivity contribution in [3.8, 4) is 0 Å². The molecule has 0 bridgehead atoms. The molecule has 0 radical (unpaired) electrons. The van der Waals surface area contributed by atoms with E-state index in [0.29, 0.717) is 12.8 Å². The molecular weight excluding hydrogens is 310 g/mol. The molecule has 0 rings (SSSR count). The first-order valence-corrected chi connectivity index (χ1v) is 7.55. The molecule has 4 nitrogen and oxygen atoms in total. The molecule has 122 valence electrons. The minimum atomic E-state index is -5.73. The van der Waals surface area contributed by atoms with Gasteiger partial charge in [0.15, 0.2) is 0 Å². The van der Waals surface area contributed by atoms with E-state index < -0.39 is 32.4 Å². The zero-order valence-electron chi connectivity index (χ0n) is 11.1. The molecule has 10 heteroatoms. The highest BCUT2D eigenvalue weighted by molar-refractivity contribution is 7.47. The molecule has 0 aliphatic heterocycles. The minimum absolute atomic E-state index is 0.142. The van der Waals surface area contributed by atoms with E-state index >= 15 is 0 Å². The molecule has 0 aliphatic rings. The molecule has 0 saturated carbocycles. The molecule has 1 N–H and O–H groups in total. The van der Waals surface area contributed by atoms with Crippen LogP contribution in [0.25, 0.3) is 0 Å². The molecule has 0 fully saturated rings. The highest BCUT2D eigenvalue weighted by Crippen LogP contribution is 2.48. The predicted octanol–water partition coefficient (Wildman–Crippen LogP) is 4.29. The fourth-order valence-corrected chi connectivity index (χ4v) is 2.22. The monoisotopic (exact) mass is 328 g/mol. The maximum Gasteiger partial charge on any atom is 0.472 e. The quantitative estimate of drug-likeness (QED) is 0.390. The van der Waals surface area contributed by atoms with Crippen LogP contribution >= 0.6 is 7.82 Å². The number of unbranched alkanes of at least 4 members (excludes halogenated alkanes) is 1. The number of rotatable bonds is 9. The maximum atomic E-state index is 12.8. The van der Waals surface area contributed by atoms with Gasteiger partial charge in [0.25, 0.3) is 0 Å². The van der Waals surface area contributed by atoms with E-state index in [1.165, 1.54) is 6.92 Å². The van der Waals surface area contributed by atoms with Crippen LogP contribution in [0.15, 0.2) is 0 Å². The molecular formula is C10H18F5O4P. The minimum Gasteiger partial charge on any atom is -0.302 e. The second kappa shape index (κ2) is 7.68. The molecule has 0 aromatic rings. The van der Waals surface area contributed by atoms with Crippen molar-refractivity contribution in [1.82, 2.24) is 0 Å². The van der Waals surface area contributed by atoms with Gasteiger partial charge in [0.2, 0.25) is 0 Å². The van der Waals surface area contributed by atoms with Gasteiger partial charge in [-0.1, -0.05) is 20.3 Å². The van der Waals surface area contributed by atoms with E-state index in [1.54, 1.807) is 6.92 Å². The normalized spacial score (nSPS) is 17.8. The first kappa shape index (κ1) is 19.8. The van der Waals surface area contributed by atoms with Crippen molar-refractivity contribution >= 4 is 7.82 Å². The van der Waals surface area contributed by atoms with Crippen LogP contribution in [0, 0.1) is 0 Å². The van der Waals surface area contributed by atoms with Crippen molar-refractivity contribution in [2.24, 2.45) is 0 Å². The van der Waals surface area contributed by atoms with Crippen molar-refractivity contribution in [2.45, 2.75) is 57.7 Å². The van der Waals surface area contributed by atoms with Gasteiger partial charge in [-0.25, -0.2) is 4.57 Å². The molecule has 0 spiro atoms. The Morgan fingerprint density at radius 3 is 2.15 bits per heavy atom. The average molecular weight is 328 g/mol. The number of hydrogen-bond donors (Lipinski definition) is 1. The fraction of sp³-hybridized carbons (Fsp3) is 1.00. The zero-order valence-corrected chi connectivity index (χ0v) is 12.0. The number of halogens is 5. The second-order valence-corrected chi connectivity index (χ2v) is 5.60. The van der Waals surface area contributed by atoms with Gasteiger partial charge in [-0.2, -0.15) is 22.0 Å². The van der Waals surface area contributed by atoms with Crippen molar-refractivity contribution in [3.05, 3.63) is 0 Å². The average Bonchev–Trinajstić information content (AvgIpc) is 2.26. The van der Waals surface area contributed by atoms with Crippen LogP contribution in [0.2, 0.25) is 0 Å². The molecule has 0 aliphatic carbocycles. The zero-order chi connectivity index (χ0) is 16.0. The molecule has 2 atom stereocenters. The van der Waals surface area contributed by atoms with Gasteiger partial charge < -0.3 is 4.89 Å². The summed E-state index contributed by atoms with van der Waals surface area (Å²) in [6, 6.07) is 0. The van der Waals surface area contributed by atoms with Crippen molar-refractivity contribution in [1.29, 1.82) is 0 Å². The highest BCUT2D eigenvalue weighted by atomic mass is 31.2. The molecule has 20 heavy (non-hydrogen) atoms. The molecule has 0 heterocycles. The molecule has 0 amide bonds. The summed E-state index contributed by atoms with van der Waals surface area (Å²) in [4.78, 5) is 9.23. The number of phosphoric ester groups is 1. The van der Waals surface area contributed by atoms with Crippen LogP contribution in [-0.4, -0.2) is 29.7 Å². The molecule has 2 unspecified atom stereocenters. The number of hydrogen-bond acceptors (Lipinski definition) is 3. The van der Waals surface area contributed by atoms with E-state index in [0.717, 1.165) is 0 Å². The molecule has 0 aromatic heterocycles. The summed E-state index contributed by atoms with van der Waals surface area (Å²) in [5, 5.41) is 0. The largest absolute Gasteiger partial charge is 0.472 e. The third-order valence-corrected chi connectivity index (χ3v) is 3.46. The van der Waals surface area contributed by atoms with Crippen LogP contribution in [0.1, 0.15) is 39.5 Å². The van der Waals surface area contributed by atoms with E-state index in [9.17, 15) is 31.4 Å². The van der Waals surface area contributed by atoms with Gasteiger partial charge >= 0.3 is 19.9 Å². The third-order valence-electron chi connectivity index (χ3n) is 2.39. The standard InChI is InChI=1S/C10H18F5O4P/c1-3-5-6-18-20(16,17)19-8(4-2)7-9(11,12)10(13,14)15/h8H,3-7H2,1-2H3,(H,16,17). The maximum absolute atomic E-state index is 12.8. The van der Waals surface area contributed by atoms with E-state index in [4.69, 9.17) is 0 Å². The van der Waals surface area contributed by atoms with Gasteiger partial charge in [0.05, 0.1) is 12.7 Å². The Bertz CT molecular complexity index is 334. The summed E-state index contributed by atoms with van der Waals surface area (Å²) in [7, 11) is -4.63. The van der Waals surface area contributed by atoms with Gasteiger partial charge in [-0.3, -0.25) is 9.05 Å². The van der Waals surface area contributed by atoms with E-state index in [-0.39, 0.29) is 13.0 Å². The van der Waals surface area contributed by atoms with E-state index in [1.807, 2.05) is 0 Å². The highest BCUT2D eigenvalue weighted by Gasteiger charge is 2.58.